The van der Waals surface area contributed by atoms with Gasteiger partial charge in [-0.2, -0.15) is 0 Å². The highest BCUT2D eigenvalue weighted by Crippen LogP contribution is 2.46. The summed E-state index contributed by atoms with van der Waals surface area (Å²) in [6, 6.07) is 43.8. The predicted molar refractivity (Wildman–Crippen MR) is 173 cm³/mol. The van der Waals surface area contributed by atoms with Crippen LogP contribution in [0.5, 0.6) is 0 Å². The molecule has 0 amide bonds. The average molecular weight is 515 g/mol. The molecule has 1 heterocycles. The Morgan fingerprint density at radius 3 is 1.85 bits per heavy atom. The molecule has 7 aromatic rings. The molecule has 0 bridgehead atoms. The van der Waals surface area contributed by atoms with Crippen molar-refractivity contribution in [3.63, 3.8) is 0 Å². The maximum Gasteiger partial charge on any atom is 0.0361 e. The summed E-state index contributed by atoms with van der Waals surface area (Å²) in [4.78, 5) is 0. The SMILES string of the molecule is C=C/C=C\C(=Cc1c2ccccc2c(-c2cccc3sc4ccccc4c23)c2ccccc12)c1ccccc1. The predicted octanol–water partition coefficient (Wildman–Crippen LogP) is 11.3. The second-order valence-electron chi connectivity index (χ2n) is 9.72. The van der Waals surface area contributed by atoms with Crippen molar-refractivity contribution in [2.24, 2.45) is 0 Å². The molecule has 6 aromatic carbocycles. The molecule has 0 saturated heterocycles. The minimum Gasteiger partial charge on any atom is -0.135 e. The maximum absolute atomic E-state index is 3.91. The van der Waals surface area contributed by atoms with Gasteiger partial charge in [0.05, 0.1) is 0 Å². The minimum atomic E-state index is 1.16. The van der Waals surface area contributed by atoms with Crippen LogP contribution in [0.25, 0.3) is 64.5 Å². The van der Waals surface area contributed by atoms with Crippen LogP contribution in [0.2, 0.25) is 0 Å². The van der Waals surface area contributed by atoms with Crippen LogP contribution in [0.4, 0.5) is 0 Å². The minimum absolute atomic E-state index is 1.16. The summed E-state index contributed by atoms with van der Waals surface area (Å²) in [6.45, 7) is 3.91. The zero-order chi connectivity index (χ0) is 26.2. The van der Waals surface area contributed by atoms with Crippen LogP contribution < -0.4 is 0 Å². The lowest BCUT2D eigenvalue weighted by atomic mass is 9.86. The van der Waals surface area contributed by atoms with E-state index in [0.717, 1.165) is 5.57 Å². The van der Waals surface area contributed by atoms with E-state index in [1.807, 2.05) is 23.5 Å². The lowest BCUT2D eigenvalue weighted by Crippen LogP contribution is -1.91. The topological polar surface area (TPSA) is 0 Å². The number of hydrogen-bond acceptors (Lipinski definition) is 1. The lowest BCUT2D eigenvalue weighted by Gasteiger charge is -2.17. The smallest absolute Gasteiger partial charge is 0.0361 e. The van der Waals surface area contributed by atoms with Gasteiger partial charge in [-0.05, 0) is 67.6 Å². The first-order valence-electron chi connectivity index (χ1n) is 13.2. The highest BCUT2D eigenvalue weighted by Gasteiger charge is 2.18. The first kappa shape index (κ1) is 23.4. The Kier molecular flexibility index (Phi) is 5.92. The lowest BCUT2D eigenvalue weighted by molar-refractivity contribution is 1.63. The molecule has 7 rings (SSSR count). The molecule has 0 aliphatic heterocycles. The molecule has 0 aliphatic rings. The van der Waals surface area contributed by atoms with Crippen molar-refractivity contribution in [3.8, 4) is 11.1 Å². The molecule has 0 radical (unpaired) electrons. The maximum atomic E-state index is 3.91. The van der Waals surface area contributed by atoms with Gasteiger partial charge >= 0.3 is 0 Å². The van der Waals surface area contributed by atoms with E-state index in [1.54, 1.807) is 0 Å². The third kappa shape index (κ3) is 4.00. The van der Waals surface area contributed by atoms with Crippen molar-refractivity contribution in [3.05, 3.63) is 157 Å². The fourth-order valence-corrected chi connectivity index (χ4v) is 6.91. The summed E-state index contributed by atoms with van der Waals surface area (Å²) in [5, 5.41) is 7.71. The van der Waals surface area contributed by atoms with Crippen molar-refractivity contribution in [2.75, 3.05) is 0 Å². The normalized spacial score (nSPS) is 12.3. The van der Waals surface area contributed by atoms with Gasteiger partial charge in [0.15, 0.2) is 0 Å². The Balaban J connectivity index is 1.61. The Bertz CT molecular complexity index is 2010. The number of thiophene rings is 1. The van der Waals surface area contributed by atoms with Crippen molar-refractivity contribution in [1.82, 2.24) is 0 Å². The molecule has 184 valence electrons. The fourth-order valence-electron chi connectivity index (χ4n) is 5.78. The third-order valence-corrected chi connectivity index (χ3v) is 8.60. The van der Waals surface area contributed by atoms with Crippen molar-refractivity contribution in [1.29, 1.82) is 0 Å². The van der Waals surface area contributed by atoms with Gasteiger partial charge in [-0.1, -0.05) is 134 Å². The summed E-state index contributed by atoms with van der Waals surface area (Å²) < 4.78 is 2.65. The fraction of sp³-hybridized carbons (Fsp3) is 0. The Labute approximate surface area is 232 Å². The highest BCUT2D eigenvalue weighted by molar-refractivity contribution is 7.25. The van der Waals surface area contributed by atoms with Crippen LogP contribution in [0.15, 0.2) is 146 Å². The van der Waals surface area contributed by atoms with Gasteiger partial charge in [0, 0.05) is 20.2 Å². The Morgan fingerprint density at radius 2 is 1.15 bits per heavy atom. The van der Waals surface area contributed by atoms with E-state index < -0.39 is 0 Å². The molecule has 0 N–H and O–H groups in total. The molecule has 0 unspecified atom stereocenters. The zero-order valence-electron chi connectivity index (χ0n) is 21.5. The largest absolute Gasteiger partial charge is 0.135 e. The molecule has 0 atom stereocenters. The van der Waals surface area contributed by atoms with Crippen LogP contribution in [0.3, 0.4) is 0 Å². The number of benzene rings is 6. The Hall–Kier alpha value is -4.72. The van der Waals surface area contributed by atoms with Crippen LogP contribution in [-0.2, 0) is 0 Å². The van der Waals surface area contributed by atoms with E-state index in [-0.39, 0.29) is 0 Å². The molecular formula is C38H26S. The summed E-state index contributed by atoms with van der Waals surface area (Å²) in [7, 11) is 0. The number of fused-ring (bicyclic) bond motifs is 5. The first-order chi connectivity index (χ1) is 19.3. The summed E-state index contributed by atoms with van der Waals surface area (Å²) >= 11 is 1.87. The van der Waals surface area contributed by atoms with Gasteiger partial charge in [-0.15, -0.1) is 11.3 Å². The Morgan fingerprint density at radius 1 is 0.564 bits per heavy atom. The molecule has 1 aromatic heterocycles. The van der Waals surface area contributed by atoms with Crippen molar-refractivity contribution in [2.45, 2.75) is 0 Å². The van der Waals surface area contributed by atoms with E-state index in [0.29, 0.717) is 0 Å². The highest BCUT2D eigenvalue weighted by atomic mass is 32.1. The van der Waals surface area contributed by atoms with Gasteiger partial charge in [-0.25, -0.2) is 0 Å². The van der Waals surface area contributed by atoms with Gasteiger partial charge in [0.2, 0.25) is 0 Å². The van der Waals surface area contributed by atoms with Crippen LogP contribution in [0.1, 0.15) is 11.1 Å². The third-order valence-electron chi connectivity index (χ3n) is 7.46. The first-order valence-corrected chi connectivity index (χ1v) is 14.1. The number of allylic oxidation sites excluding steroid dienone is 4. The number of rotatable bonds is 5. The molecule has 0 spiro atoms. The monoisotopic (exact) mass is 514 g/mol. The molecule has 0 aliphatic carbocycles. The van der Waals surface area contributed by atoms with Gasteiger partial charge in [0.25, 0.3) is 0 Å². The van der Waals surface area contributed by atoms with Gasteiger partial charge in [-0.3, -0.25) is 0 Å². The summed E-state index contributed by atoms with van der Waals surface area (Å²) in [5.74, 6) is 0. The van der Waals surface area contributed by atoms with E-state index in [9.17, 15) is 0 Å². The van der Waals surface area contributed by atoms with Crippen molar-refractivity contribution >= 4 is 64.7 Å². The number of hydrogen-bond donors (Lipinski definition) is 0. The standard InChI is InChI=1S/C38H26S/c1-2-3-14-27(26-15-5-4-6-16-26)25-34-28-17-7-9-19-30(28)37(31-20-10-8-18-29(31)34)33-22-13-24-36-38(33)32-21-11-12-23-35(32)39-36/h2-25H,1H2/b14-3-,27-25?. The molecule has 39 heavy (non-hydrogen) atoms. The summed E-state index contributed by atoms with van der Waals surface area (Å²) in [6.07, 6.45) is 8.34. The zero-order valence-corrected chi connectivity index (χ0v) is 22.3. The van der Waals surface area contributed by atoms with Crippen molar-refractivity contribution < 1.29 is 0 Å². The van der Waals surface area contributed by atoms with E-state index in [2.05, 4.69) is 140 Å². The second kappa shape index (κ2) is 9.87. The van der Waals surface area contributed by atoms with E-state index in [1.165, 1.54) is 64.0 Å². The average Bonchev–Trinajstić information content (AvgIpc) is 3.38. The summed E-state index contributed by atoms with van der Waals surface area (Å²) in [5.41, 5.74) is 6.17. The quantitative estimate of drug-likeness (QED) is 0.122. The molecule has 0 nitrogen and oxygen atoms in total. The molecule has 0 saturated carbocycles. The molecular weight excluding hydrogens is 488 g/mol. The molecule has 0 fully saturated rings. The second-order valence-corrected chi connectivity index (χ2v) is 10.8. The van der Waals surface area contributed by atoms with Gasteiger partial charge < -0.3 is 0 Å². The van der Waals surface area contributed by atoms with Crippen LogP contribution >= 0.6 is 11.3 Å². The van der Waals surface area contributed by atoms with Gasteiger partial charge in [0.1, 0.15) is 0 Å². The van der Waals surface area contributed by atoms with E-state index in [4.69, 9.17) is 0 Å². The van der Waals surface area contributed by atoms with Crippen LogP contribution in [0, 0.1) is 0 Å². The van der Waals surface area contributed by atoms with Crippen LogP contribution in [-0.4, -0.2) is 0 Å². The van der Waals surface area contributed by atoms with E-state index >= 15 is 0 Å². The molecule has 1 heteroatoms.